The van der Waals surface area contributed by atoms with E-state index in [1.165, 1.54) is 13.4 Å². The van der Waals surface area contributed by atoms with E-state index in [1.54, 1.807) is 9.80 Å². The number of hydrogen-bond donors (Lipinski definition) is 1. The molecule has 0 bridgehead atoms. The first-order valence-corrected chi connectivity index (χ1v) is 10.0. The highest BCUT2D eigenvalue weighted by Crippen LogP contribution is 2.39. The molecule has 9 nitrogen and oxygen atoms in total. The van der Waals surface area contributed by atoms with E-state index in [0.717, 1.165) is 16.7 Å². The number of amides is 4. The van der Waals surface area contributed by atoms with Crippen molar-refractivity contribution in [3.8, 4) is 0 Å². The summed E-state index contributed by atoms with van der Waals surface area (Å²) in [6.07, 6.45) is 2.99. The van der Waals surface area contributed by atoms with Crippen molar-refractivity contribution in [3.63, 3.8) is 0 Å². The van der Waals surface area contributed by atoms with Crippen LogP contribution in [-0.2, 0) is 16.1 Å². The Morgan fingerprint density at radius 1 is 1.19 bits per heavy atom. The molecule has 2 aromatic rings. The van der Waals surface area contributed by atoms with E-state index in [-0.39, 0.29) is 24.8 Å². The summed E-state index contributed by atoms with van der Waals surface area (Å²) in [4.78, 5) is 50.6. The van der Waals surface area contributed by atoms with Crippen LogP contribution >= 0.6 is 0 Å². The average molecular weight is 426 g/mol. The fraction of sp³-hybridized carbons (Fsp3) is 0.381. The first kappa shape index (κ1) is 20.7. The zero-order chi connectivity index (χ0) is 22.0. The van der Waals surface area contributed by atoms with Gasteiger partial charge in [-0.1, -0.05) is 30.3 Å². The Morgan fingerprint density at radius 2 is 1.90 bits per heavy atom. The summed E-state index contributed by atoms with van der Waals surface area (Å²) in [5, 5.41) is 2.46. The number of nitrogens with one attached hydrogen (secondary N) is 1. The Morgan fingerprint density at radius 3 is 2.55 bits per heavy atom. The van der Waals surface area contributed by atoms with Crippen LogP contribution < -0.4 is 10.2 Å². The molecule has 0 saturated carbocycles. The lowest BCUT2D eigenvalue weighted by atomic mass is 9.85. The van der Waals surface area contributed by atoms with Crippen molar-refractivity contribution in [1.82, 2.24) is 25.1 Å². The predicted molar refractivity (Wildman–Crippen MR) is 109 cm³/mol. The summed E-state index contributed by atoms with van der Waals surface area (Å²) in [6, 6.07) is 8.90. The molecule has 2 saturated heterocycles. The lowest BCUT2D eigenvalue weighted by molar-refractivity contribution is -0.137. The van der Waals surface area contributed by atoms with Crippen LogP contribution in [0, 0.1) is 5.82 Å². The smallest absolute Gasteiger partial charge is 0.328 e. The van der Waals surface area contributed by atoms with Crippen molar-refractivity contribution in [2.75, 3.05) is 31.6 Å². The number of halogens is 1. The van der Waals surface area contributed by atoms with Gasteiger partial charge in [-0.05, 0) is 18.4 Å². The number of carbonyl (C=O) groups is 3. The zero-order valence-electron chi connectivity index (χ0n) is 17.1. The molecule has 10 heteroatoms. The number of piperidine rings is 1. The lowest BCUT2D eigenvalue weighted by Crippen LogP contribution is -2.56. The van der Waals surface area contributed by atoms with Gasteiger partial charge in [0.2, 0.25) is 5.91 Å². The van der Waals surface area contributed by atoms with Crippen molar-refractivity contribution in [1.29, 1.82) is 0 Å². The molecule has 1 aromatic carbocycles. The van der Waals surface area contributed by atoms with Gasteiger partial charge in [-0.15, -0.1) is 0 Å². The van der Waals surface area contributed by atoms with Gasteiger partial charge in [-0.2, -0.15) is 0 Å². The maximum Gasteiger partial charge on any atom is 0.328 e. The third kappa shape index (κ3) is 3.69. The topological polar surface area (TPSA) is 98.7 Å². The molecule has 1 aromatic heterocycles. The quantitative estimate of drug-likeness (QED) is 0.721. The number of nitrogens with zero attached hydrogens (tertiary/aromatic N) is 5. The second-order valence-electron chi connectivity index (χ2n) is 7.63. The van der Waals surface area contributed by atoms with Gasteiger partial charge in [0.05, 0.1) is 6.20 Å². The molecular weight excluding hydrogens is 403 g/mol. The highest BCUT2D eigenvalue weighted by molar-refractivity contribution is 6.09. The van der Waals surface area contributed by atoms with Gasteiger partial charge in [-0.3, -0.25) is 14.5 Å². The van der Waals surface area contributed by atoms with Gasteiger partial charge in [-0.25, -0.2) is 19.2 Å². The Kier molecular flexibility index (Phi) is 5.53. The Labute approximate surface area is 178 Å². The fourth-order valence-electron chi connectivity index (χ4n) is 4.24. The van der Waals surface area contributed by atoms with Crippen LogP contribution in [0.2, 0.25) is 0 Å². The van der Waals surface area contributed by atoms with Crippen molar-refractivity contribution in [2.45, 2.75) is 24.9 Å². The number of urea groups is 1. The minimum atomic E-state index is -1.08. The molecule has 2 fully saturated rings. The molecule has 4 amide bonds. The summed E-state index contributed by atoms with van der Waals surface area (Å²) in [7, 11) is 1.46. The highest BCUT2D eigenvalue weighted by Gasteiger charge is 2.58. The Bertz CT molecular complexity index is 994. The van der Waals surface area contributed by atoms with E-state index in [1.807, 2.05) is 30.3 Å². The monoisotopic (exact) mass is 426 g/mol. The molecule has 2 aliphatic heterocycles. The number of aromatic nitrogens is 2. The molecule has 0 aliphatic carbocycles. The molecule has 0 atom stereocenters. The van der Waals surface area contributed by atoms with Crippen LogP contribution in [0.4, 0.5) is 15.0 Å². The van der Waals surface area contributed by atoms with Gasteiger partial charge in [0.1, 0.15) is 18.4 Å². The third-order valence-electron chi connectivity index (χ3n) is 5.92. The Balaban J connectivity index is 1.62. The van der Waals surface area contributed by atoms with Crippen LogP contribution in [0.3, 0.4) is 0 Å². The lowest BCUT2D eigenvalue weighted by Gasteiger charge is -2.42. The first-order valence-electron chi connectivity index (χ1n) is 10.0. The van der Waals surface area contributed by atoms with E-state index >= 15 is 0 Å². The minimum Gasteiger partial charge on any atom is -0.358 e. The maximum absolute atomic E-state index is 14.1. The molecule has 3 heterocycles. The summed E-state index contributed by atoms with van der Waals surface area (Å²) in [5.41, 5.74) is -0.199. The maximum atomic E-state index is 14.1. The molecule has 2 aliphatic rings. The third-order valence-corrected chi connectivity index (χ3v) is 5.92. The van der Waals surface area contributed by atoms with Gasteiger partial charge in [0.25, 0.3) is 5.91 Å². The summed E-state index contributed by atoms with van der Waals surface area (Å²) < 4.78 is 14.1. The number of hydrogen-bond acceptors (Lipinski definition) is 6. The van der Waals surface area contributed by atoms with Crippen molar-refractivity contribution < 1.29 is 18.8 Å². The molecular formula is C21H23FN6O3. The van der Waals surface area contributed by atoms with Crippen LogP contribution in [0.25, 0.3) is 0 Å². The number of likely N-dealkylation sites (N-methyl/N-ethyl adjacent to an activating group) is 1. The fourth-order valence-corrected chi connectivity index (χ4v) is 4.24. The van der Waals surface area contributed by atoms with Gasteiger partial charge in [0.15, 0.2) is 11.6 Å². The number of carbonyl (C=O) groups excluding carboxylic acids is 3. The van der Waals surface area contributed by atoms with Crippen molar-refractivity contribution in [2.24, 2.45) is 0 Å². The van der Waals surface area contributed by atoms with Gasteiger partial charge < -0.3 is 15.1 Å². The van der Waals surface area contributed by atoms with E-state index in [0.29, 0.717) is 25.9 Å². The molecule has 0 unspecified atom stereocenters. The molecule has 1 N–H and O–H groups in total. The van der Waals surface area contributed by atoms with Gasteiger partial charge >= 0.3 is 6.03 Å². The van der Waals surface area contributed by atoms with E-state index in [9.17, 15) is 18.8 Å². The average Bonchev–Trinajstić information content (AvgIpc) is 2.97. The molecule has 31 heavy (non-hydrogen) atoms. The first-order chi connectivity index (χ1) is 15.0. The molecule has 0 radical (unpaired) electrons. The minimum absolute atomic E-state index is 0.179. The number of rotatable bonds is 5. The number of imide groups is 1. The van der Waals surface area contributed by atoms with E-state index in [4.69, 9.17) is 0 Å². The largest absolute Gasteiger partial charge is 0.358 e. The Hall–Kier alpha value is -3.56. The van der Waals surface area contributed by atoms with Crippen LogP contribution in [0.15, 0.2) is 42.9 Å². The summed E-state index contributed by atoms with van der Waals surface area (Å²) >= 11 is 0. The molecule has 1 spiro atoms. The molecule has 162 valence electrons. The van der Waals surface area contributed by atoms with Crippen LogP contribution in [0.5, 0.6) is 0 Å². The van der Waals surface area contributed by atoms with Crippen LogP contribution in [0.1, 0.15) is 18.4 Å². The summed E-state index contributed by atoms with van der Waals surface area (Å²) in [5.74, 6) is -1.16. The van der Waals surface area contributed by atoms with Crippen molar-refractivity contribution >= 4 is 23.7 Å². The standard InChI is InChI=1S/C21H23FN6O3/c1-23-17(29)13-27-19(30)21(28(20(27)31)12-15-5-3-2-4-6-15)7-9-26(10-8-21)18-16(22)11-24-14-25-18/h2-6,11,14H,7-10,12-13H2,1H3,(H,23,29). The number of anilines is 1. The number of benzene rings is 1. The van der Waals surface area contributed by atoms with Gasteiger partial charge in [0, 0.05) is 26.7 Å². The zero-order valence-corrected chi connectivity index (χ0v) is 17.1. The highest BCUT2D eigenvalue weighted by atomic mass is 19.1. The normalized spacial score (nSPS) is 18.1. The second-order valence-corrected chi connectivity index (χ2v) is 7.63. The van der Waals surface area contributed by atoms with Crippen molar-refractivity contribution in [3.05, 3.63) is 54.2 Å². The SMILES string of the molecule is CNC(=O)CN1C(=O)N(Cc2ccccc2)C2(CCN(c3ncncc3F)CC2)C1=O. The second kappa shape index (κ2) is 8.29. The predicted octanol–water partition coefficient (Wildman–Crippen LogP) is 1.17. The van der Waals surface area contributed by atoms with E-state index < -0.39 is 23.3 Å². The van der Waals surface area contributed by atoms with Crippen LogP contribution in [-0.4, -0.2) is 69.8 Å². The molecule has 4 rings (SSSR count). The van der Waals surface area contributed by atoms with E-state index in [2.05, 4.69) is 15.3 Å². The summed E-state index contributed by atoms with van der Waals surface area (Å²) in [6.45, 7) is 0.598.